The first-order valence-corrected chi connectivity index (χ1v) is 19.1. The SMILES string of the molecule is O=C1[C@H]2[C@H](CC=C3[C@H]2C[C@H]2C(=O)N(c4ccc(-c5nc6ccccc6o5)cc4)C(=O)[C@H]2[C@H]3c2ccc(O)c(F)c2)C(=O)N1c1ccc(-c2nc3ccccc3o2)cc1. The number of oxazole rings is 2. The van der Waals surface area contributed by atoms with Crippen LogP contribution in [0, 0.1) is 35.4 Å². The van der Waals surface area contributed by atoms with Crippen LogP contribution in [-0.2, 0) is 19.2 Å². The molecule has 11 nitrogen and oxygen atoms in total. The lowest BCUT2D eigenvalue weighted by Crippen LogP contribution is -2.43. The molecule has 2 saturated heterocycles. The molecule has 3 fully saturated rings. The van der Waals surface area contributed by atoms with Crippen molar-refractivity contribution in [2.24, 2.45) is 29.6 Å². The van der Waals surface area contributed by atoms with Gasteiger partial charge in [-0.3, -0.25) is 29.0 Å². The molecule has 5 aromatic carbocycles. The summed E-state index contributed by atoms with van der Waals surface area (Å²) >= 11 is 0. The maximum Gasteiger partial charge on any atom is 0.238 e. The maximum absolute atomic E-state index is 15.1. The number of aromatic nitrogens is 2. The molecule has 7 aromatic rings. The number of amides is 4. The van der Waals surface area contributed by atoms with Gasteiger partial charge in [0.1, 0.15) is 11.0 Å². The number of hydrogen-bond donors (Lipinski definition) is 1. The molecule has 4 aliphatic rings. The number of phenols is 1. The van der Waals surface area contributed by atoms with Gasteiger partial charge >= 0.3 is 0 Å². The molecule has 284 valence electrons. The molecule has 0 spiro atoms. The molecule has 58 heavy (non-hydrogen) atoms. The first-order valence-electron chi connectivity index (χ1n) is 19.1. The van der Waals surface area contributed by atoms with E-state index in [1.807, 2.05) is 54.6 Å². The van der Waals surface area contributed by atoms with Crippen LogP contribution in [0.5, 0.6) is 5.75 Å². The van der Waals surface area contributed by atoms with E-state index in [0.717, 1.165) is 5.57 Å². The van der Waals surface area contributed by atoms with Crippen LogP contribution < -0.4 is 9.80 Å². The van der Waals surface area contributed by atoms with Gasteiger partial charge in [-0.05, 0) is 109 Å². The predicted octanol–water partition coefficient (Wildman–Crippen LogP) is 8.19. The summed E-state index contributed by atoms with van der Waals surface area (Å²) in [5, 5.41) is 10.1. The van der Waals surface area contributed by atoms with Crippen LogP contribution in [0.25, 0.3) is 45.1 Å². The average Bonchev–Trinajstić information content (AvgIpc) is 4.00. The molecular formula is C46H31FN4O7. The third-order valence-corrected chi connectivity index (χ3v) is 12.3. The van der Waals surface area contributed by atoms with Crippen LogP contribution in [0.3, 0.4) is 0 Å². The number of para-hydroxylation sites is 4. The molecule has 4 amide bonds. The van der Waals surface area contributed by atoms with Crippen molar-refractivity contribution in [3.05, 3.63) is 138 Å². The molecule has 2 aliphatic heterocycles. The second-order valence-electron chi connectivity index (χ2n) is 15.3. The van der Waals surface area contributed by atoms with Gasteiger partial charge < -0.3 is 13.9 Å². The third-order valence-electron chi connectivity index (χ3n) is 12.3. The maximum atomic E-state index is 15.1. The lowest BCUT2D eigenvalue weighted by atomic mass is 9.57. The molecule has 11 rings (SSSR count). The highest BCUT2D eigenvalue weighted by Gasteiger charge is 2.62. The largest absolute Gasteiger partial charge is 0.505 e. The van der Waals surface area contributed by atoms with E-state index in [2.05, 4.69) is 9.97 Å². The number of nitrogens with zero attached hydrogens (tertiary/aromatic N) is 4. The zero-order valence-electron chi connectivity index (χ0n) is 30.5. The Balaban J connectivity index is 0.927. The van der Waals surface area contributed by atoms with Crippen molar-refractivity contribution in [2.75, 3.05) is 9.80 Å². The van der Waals surface area contributed by atoms with E-state index in [9.17, 15) is 24.3 Å². The molecule has 0 radical (unpaired) electrons. The Hall–Kier alpha value is -7.21. The van der Waals surface area contributed by atoms with E-state index in [0.29, 0.717) is 62.0 Å². The Kier molecular flexibility index (Phi) is 7.43. The van der Waals surface area contributed by atoms with Crippen molar-refractivity contribution in [3.8, 4) is 28.7 Å². The van der Waals surface area contributed by atoms with E-state index in [4.69, 9.17) is 8.83 Å². The lowest BCUT2D eigenvalue weighted by molar-refractivity contribution is -0.126. The zero-order valence-corrected chi connectivity index (χ0v) is 30.5. The summed E-state index contributed by atoms with van der Waals surface area (Å²) in [5.41, 5.74) is 5.89. The first kappa shape index (κ1) is 34.1. The van der Waals surface area contributed by atoms with Gasteiger partial charge in [0.25, 0.3) is 0 Å². The summed E-state index contributed by atoms with van der Waals surface area (Å²) in [6.45, 7) is 0. The fraction of sp³-hybridized carbons (Fsp3) is 0.174. The van der Waals surface area contributed by atoms with Crippen molar-refractivity contribution in [1.82, 2.24) is 9.97 Å². The molecule has 0 bridgehead atoms. The van der Waals surface area contributed by atoms with Gasteiger partial charge in [0, 0.05) is 17.0 Å². The third kappa shape index (κ3) is 5.03. The number of anilines is 2. The summed E-state index contributed by atoms with van der Waals surface area (Å²) in [6.07, 6.45) is 2.29. The summed E-state index contributed by atoms with van der Waals surface area (Å²) in [6, 6.07) is 32.5. The number of halogens is 1. The van der Waals surface area contributed by atoms with Crippen molar-refractivity contribution in [2.45, 2.75) is 18.8 Å². The predicted molar refractivity (Wildman–Crippen MR) is 209 cm³/mol. The highest BCUT2D eigenvalue weighted by atomic mass is 19.1. The zero-order chi connectivity index (χ0) is 39.4. The number of phenolic OH excluding ortho intramolecular Hbond substituents is 1. The van der Waals surface area contributed by atoms with E-state index >= 15 is 4.39 Å². The number of rotatable bonds is 5. The van der Waals surface area contributed by atoms with Crippen LogP contribution in [0.15, 0.2) is 136 Å². The first-order chi connectivity index (χ1) is 28.2. The molecule has 12 heteroatoms. The van der Waals surface area contributed by atoms with E-state index < -0.39 is 64.8 Å². The molecular weight excluding hydrogens is 740 g/mol. The van der Waals surface area contributed by atoms with Gasteiger partial charge in [-0.1, -0.05) is 42.0 Å². The van der Waals surface area contributed by atoms with Crippen LogP contribution >= 0.6 is 0 Å². The normalized spacial score (nSPS) is 24.1. The number of benzene rings is 5. The van der Waals surface area contributed by atoms with Crippen molar-refractivity contribution in [3.63, 3.8) is 0 Å². The fourth-order valence-electron chi connectivity index (χ4n) is 9.69. The second-order valence-corrected chi connectivity index (χ2v) is 15.3. The van der Waals surface area contributed by atoms with Gasteiger partial charge in [0.05, 0.1) is 35.0 Å². The lowest BCUT2D eigenvalue weighted by Gasteiger charge is -2.44. The van der Waals surface area contributed by atoms with Gasteiger partial charge in [0.15, 0.2) is 22.7 Å². The van der Waals surface area contributed by atoms with E-state index in [1.165, 1.54) is 21.9 Å². The Morgan fingerprint density at radius 1 is 0.603 bits per heavy atom. The van der Waals surface area contributed by atoms with E-state index in [-0.39, 0.29) is 18.7 Å². The summed E-state index contributed by atoms with van der Waals surface area (Å²) < 4.78 is 26.9. The number of aromatic hydroxyl groups is 1. The molecule has 2 aromatic heterocycles. The van der Waals surface area contributed by atoms with Crippen LogP contribution in [0.1, 0.15) is 24.3 Å². The number of imide groups is 2. The Morgan fingerprint density at radius 2 is 1.14 bits per heavy atom. The van der Waals surface area contributed by atoms with Gasteiger partial charge in [-0.15, -0.1) is 0 Å². The number of fused-ring (bicyclic) bond motifs is 6. The minimum atomic E-state index is -0.907. The van der Waals surface area contributed by atoms with Crippen molar-refractivity contribution >= 4 is 57.2 Å². The number of allylic oxidation sites excluding steroid dienone is 2. The number of hydrogen-bond acceptors (Lipinski definition) is 9. The van der Waals surface area contributed by atoms with Gasteiger partial charge in [-0.25, -0.2) is 14.4 Å². The molecule has 1 saturated carbocycles. The average molecular weight is 771 g/mol. The Bertz CT molecular complexity index is 2850. The Morgan fingerprint density at radius 3 is 1.69 bits per heavy atom. The van der Waals surface area contributed by atoms with Crippen molar-refractivity contribution < 1.29 is 37.5 Å². The van der Waals surface area contributed by atoms with Gasteiger partial charge in [0.2, 0.25) is 35.4 Å². The molecule has 1 N–H and O–H groups in total. The molecule has 4 heterocycles. The second kappa shape index (κ2) is 12.7. The summed E-state index contributed by atoms with van der Waals surface area (Å²) in [5.74, 6) is -6.85. The van der Waals surface area contributed by atoms with Crippen molar-refractivity contribution in [1.29, 1.82) is 0 Å². The monoisotopic (exact) mass is 770 g/mol. The molecule has 0 unspecified atom stereocenters. The van der Waals surface area contributed by atoms with E-state index in [1.54, 1.807) is 54.6 Å². The Labute approximate surface area is 329 Å². The minimum Gasteiger partial charge on any atom is -0.505 e. The quantitative estimate of drug-likeness (QED) is 0.135. The summed E-state index contributed by atoms with van der Waals surface area (Å²) in [4.78, 5) is 69.2. The van der Waals surface area contributed by atoms with Crippen LogP contribution in [-0.4, -0.2) is 38.7 Å². The minimum absolute atomic E-state index is 0.153. The van der Waals surface area contributed by atoms with Crippen LogP contribution in [0.4, 0.5) is 15.8 Å². The van der Waals surface area contributed by atoms with Crippen LogP contribution in [0.2, 0.25) is 0 Å². The summed E-state index contributed by atoms with van der Waals surface area (Å²) in [7, 11) is 0. The number of carbonyl (C=O) groups is 4. The highest BCUT2D eigenvalue weighted by molar-refractivity contribution is 6.24. The fourth-order valence-corrected chi connectivity index (χ4v) is 9.69. The number of carbonyl (C=O) groups excluding carboxylic acids is 4. The highest BCUT2D eigenvalue weighted by Crippen LogP contribution is 2.58. The topological polar surface area (TPSA) is 147 Å². The van der Waals surface area contributed by atoms with Gasteiger partial charge in [-0.2, -0.15) is 0 Å². The molecule has 2 aliphatic carbocycles. The molecule has 6 atom stereocenters. The smallest absolute Gasteiger partial charge is 0.238 e. The standard InChI is InChI=1S/C46H31FN4O7/c47-32-21-25(13-20-35(32)52)38-28-18-19-29-39(45(55)50(43(29)53)26-14-9-23(10-15-26)41-48-33-5-1-3-7-36(33)57-41)30(28)22-31-40(38)46(56)51(44(31)54)27-16-11-24(12-17-27)42-49-34-6-2-4-8-37(34)58-42/h1-18,20-21,29-31,38-40,52H,19,22H2/t29-,30+,31+,38-,39-,40+/m0/s1.